The van der Waals surface area contributed by atoms with Crippen molar-refractivity contribution in [3.05, 3.63) is 59.2 Å². The van der Waals surface area contributed by atoms with Crippen molar-refractivity contribution in [1.82, 2.24) is 5.32 Å². The maximum atomic E-state index is 10.3. The van der Waals surface area contributed by atoms with Crippen molar-refractivity contribution in [3.8, 4) is 11.5 Å². The number of benzene rings is 2. The molecule has 0 spiro atoms. The second-order valence-electron chi connectivity index (χ2n) is 5.66. The van der Waals surface area contributed by atoms with Crippen LogP contribution in [0.25, 0.3) is 0 Å². The van der Waals surface area contributed by atoms with Crippen LogP contribution in [0, 0.1) is 6.92 Å². The number of hydrogen-bond donors (Lipinski definition) is 2. The third kappa shape index (κ3) is 4.47. The van der Waals surface area contributed by atoms with Gasteiger partial charge in [0.25, 0.3) is 0 Å². The third-order valence-electron chi connectivity index (χ3n) is 3.99. The predicted molar refractivity (Wildman–Crippen MR) is 92.1 cm³/mol. The van der Waals surface area contributed by atoms with Gasteiger partial charge in [0.2, 0.25) is 0 Å². The lowest BCUT2D eigenvalue weighted by molar-refractivity contribution is 0.170. The summed E-state index contributed by atoms with van der Waals surface area (Å²) in [6.45, 7) is 4.55. The molecule has 0 fully saturated rings. The third-order valence-corrected chi connectivity index (χ3v) is 3.99. The molecule has 0 saturated heterocycles. The van der Waals surface area contributed by atoms with E-state index in [9.17, 15) is 5.11 Å². The van der Waals surface area contributed by atoms with Crippen molar-refractivity contribution >= 4 is 0 Å². The molecule has 2 aromatic carbocycles. The molecule has 124 valence electrons. The fourth-order valence-electron chi connectivity index (χ4n) is 2.48. The average molecular weight is 315 g/mol. The van der Waals surface area contributed by atoms with E-state index in [1.165, 1.54) is 5.56 Å². The van der Waals surface area contributed by atoms with Crippen LogP contribution in [0.4, 0.5) is 0 Å². The molecule has 0 amide bonds. The van der Waals surface area contributed by atoms with E-state index in [4.69, 9.17) is 9.47 Å². The second-order valence-corrected chi connectivity index (χ2v) is 5.66. The molecule has 0 saturated carbocycles. The van der Waals surface area contributed by atoms with Gasteiger partial charge in [0, 0.05) is 24.2 Å². The Balaban J connectivity index is 2.01. The summed E-state index contributed by atoms with van der Waals surface area (Å²) in [7, 11) is 3.28. The van der Waals surface area contributed by atoms with E-state index >= 15 is 0 Å². The van der Waals surface area contributed by atoms with E-state index in [1.807, 2.05) is 56.3 Å². The molecule has 2 atom stereocenters. The lowest BCUT2D eigenvalue weighted by Gasteiger charge is -2.20. The van der Waals surface area contributed by atoms with Crippen molar-refractivity contribution in [1.29, 1.82) is 0 Å². The zero-order valence-corrected chi connectivity index (χ0v) is 14.2. The van der Waals surface area contributed by atoms with Gasteiger partial charge in [-0.3, -0.25) is 0 Å². The molecule has 2 aromatic rings. The van der Waals surface area contributed by atoms with Crippen molar-refractivity contribution in [3.63, 3.8) is 0 Å². The summed E-state index contributed by atoms with van der Waals surface area (Å²) < 4.78 is 10.6. The van der Waals surface area contributed by atoms with Crippen molar-refractivity contribution in [2.24, 2.45) is 0 Å². The van der Waals surface area contributed by atoms with Crippen molar-refractivity contribution < 1.29 is 14.6 Å². The molecule has 4 nitrogen and oxygen atoms in total. The summed E-state index contributed by atoms with van der Waals surface area (Å²) in [5.74, 6) is 1.53. The molecule has 2 rings (SSSR count). The monoisotopic (exact) mass is 315 g/mol. The minimum Gasteiger partial charge on any atom is -0.497 e. The number of aliphatic hydroxyl groups excluding tert-OH is 1. The summed E-state index contributed by atoms with van der Waals surface area (Å²) in [5.41, 5.74) is 3.13. The van der Waals surface area contributed by atoms with Gasteiger partial charge in [0.15, 0.2) is 0 Å². The standard InChI is InChI=1S/C19H25NO3/c1-13-5-7-15(8-6-13)18(21)12-20-14(2)17-10-9-16(22-3)11-19(17)23-4/h5-11,14,18,20-21H,12H2,1-4H3. The summed E-state index contributed by atoms with van der Waals surface area (Å²) in [6.07, 6.45) is -0.540. The van der Waals surface area contributed by atoms with Gasteiger partial charge in [-0.1, -0.05) is 35.9 Å². The Morgan fingerprint density at radius 3 is 2.35 bits per heavy atom. The summed E-state index contributed by atoms with van der Waals surface area (Å²) in [5, 5.41) is 13.7. The largest absolute Gasteiger partial charge is 0.497 e. The van der Waals surface area contributed by atoms with Crippen LogP contribution in [0.3, 0.4) is 0 Å². The Kier molecular flexibility index (Phi) is 6.02. The first-order chi connectivity index (χ1) is 11.0. The Hall–Kier alpha value is -2.04. The molecule has 0 aliphatic rings. The molecule has 0 aliphatic heterocycles. The fraction of sp³-hybridized carbons (Fsp3) is 0.368. The highest BCUT2D eigenvalue weighted by Crippen LogP contribution is 2.29. The predicted octanol–water partition coefficient (Wildman–Crippen LogP) is 3.40. The van der Waals surface area contributed by atoms with Gasteiger partial charge in [-0.2, -0.15) is 0 Å². The lowest BCUT2D eigenvalue weighted by Crippen LogP contribution is -2.25. The Morgan fingerprint density at radius 2 is 1.74 bits per heavy atom. The first-order valence-corrected chi connectivity index (χ1v) is 7.75. The Bertz CT molecular complexity index is 625. The molecule has 0 aliphatic carbocycles. The topological polar surface area (TPSA) is 50.7 Å². The highest BCUT2D eigenvalue weighted by atomic mass is 16.5. The molecule has 0 aromatic heterocycles. The highest BCUT2D eigenvalue weighted by Gasteiger charge is 2.14. The molecule has 23 heavy (non-hydrogen) atoms. The first-order valence-electron chi connectivity index (χ1n) is 7.75. The van der Waals surface area contributed by atoms with Crippen molar-refractivity contribution in [2.75, 3.05) is 20.8 Å². The number of nitrogens with one attached hydrogen (secondary N) is 1. The SMILES string of the molecule is COc1ccc(C(C)NCC(O)c2ccc(C)cc2)c(OC)c1. The quantitative estimate of drug-likeness (QED) is 0.822. The van der Waals surface area contributed by atoms with E-state index in [2.05, 4.69) is 5.32 Å². The van der Waals surface area contributed by atoms with E-state index in [1.54, 1.807) is 14.2 Å². The molecular weight excluding hydrogens is 290 g/mol. The fourth-order valence-corrected chi connectivity index (χ4v) is 2.48. The van der Waals surface area contributed by atoms with Crippen LogP contribution >= 0.6 is 0 Å². The van der Waals surface area contributed by atoms with Gasteiger partial charge < -0.3 is 19.9 Å². The average Bonchev–Trinajstić information content (AvgIpc) is 2.59. The maximum Gasteiger partial charge on any atom is 0.127 e. The number of rotatable bonds is 7. The Morgan fingerprint density at radius 1 is 1.04 bits per heavy atom. The molecule has 0 radical (unpaired) electrons. The van der Waals surface area contributed by atoms with Gasteiger partial charge in [-0.05, 0) is 25.5 Å². The van der Waals surface area contributed by atoms with Crippen LogP contribution in [0.1, 0.15) is 35.8 Å². The van der Waals surface area contributed by atoms with Gasteiger partial charge in [0.05, 0.1) is 20.3 Å². The first kappa shape index (κ1) is 17.3. The smallest absolute Gasteiger partial charge is 0.127 e. The molecule has 0 bridgehead atoms. The van der Waals surface area contributed by atoms with Crippen molar-refractivity contribution in [2.45, 2.75) is 26.0 Å². The maximum absolute atomic E-state index is 10.3. The van der Waals surface area contributed by atoms with E-state index < -0.39 is 6.10 Å². The summed E-state index contributed by atoms with van der Waals surface area (Å²) in [6, 6.07) is 13.7. The summed E-state index contributed by atoms with van der Waals surface area (Å²) >= 11 is 0. The second kappa shape index (κ2) is 7.99. The van der Waals surface area contributed by atoms with Gasteiger partial charge in [-0.25, -0.2) is 0 Å². The van der Waals surface area contributed by atoms with Crippen LogP contribution in [-0.4, -0.2) is 25.9 Å². The molecule has 0 heterocycles. The zero-order valence-electron chi connectivity index (χ0n) is 14.2. The van der Waals surface area contributed by atoms with Gasteiger partial charge in [-0.15, -0.1) is 0 Å². The van der Waals surface area contributed by atoms with Crippen LogP contribution in [0.5, 0.6) is 11.5 Å². The Labute approximate surface area is 138 Å². The normalized spacial score (nSPS) is 13.4. The van der Waals surface area contributed by atoms with E-state index in [0.29, 0.717) is 6.54 Å². The highest BCUT2D eigenvalue weighted by molar-refractivity contribution is 5.42. The van der Waals surface area contributed by atoms with Crippen LogP contribution in [0.15, 0.2) is 42.5 Å². The molecule has 2 unspecified atom stereocenters. The minimum absolute atomic E-state index is 0.0518. The zero-order chi connectivity index (χ0) is 16.8. The van der Waals surface area contributed by atoms with E-state index in [0.717, 1.165) is 22.6 Å². The molecule has 4 heteroatoms. The number of aryl methyl sites for hydroxylation is 1. The number of ether oxygens (including phenoxy) is 2. The molecular formula is C19H25NO3. The number of aliphatic hydroxyl groups is 1. The van der Waals surface area contributed by atoms with Gasteiger partial charge >= 0.3 is 0 Å². The van der Waals surface area contributed by atoms with Gasteiger partial charge in [0.1, 0.15) is 11.5 Å². The summed E-state index contributed by atoms with van der Waals surface area (Å²) in [4.78, 5) is 0. The minimum atomic E-state index is -0.540. The van der Waals surface area contributed by atoms with Crippen LogP contribution in [-0.2, 0) is 0 Å². The number of hydrogen-bond acceptors (Lipinski definition) is 4. The molecule has 2 N–H and O–H groups in total. The van der Waals surface area contributed by atoms with Crippen LogP contribution in [0.2, 0.25) is 0 Å². The van der Waals surface area contributed by atoms with E-state index in [-0.39, 0.29) is 6.04 Å². The number of methoxy groups -OCH3 is 2. The lowest BCUT2D eigenvalue weighted by atomic mass is 10.0. The van der Waals surface area contributed by atoms with Crippen LogP contribution < -0.4 is 14.8 Å².